The van der Waals surface area contributed by atoms with Gasteiger partial charge in [0.2, 0.25) is 0 Å². The SMILES string of the molecule is CC(C)(C)N1CCN(c2nc(C(=O)CCl)cs2)CC1. The molecule has 1 aliphatic rings. The molecule has 0 aliphatic carbocycles. The molecule has 1 aromatic heterocycles. The van der Waals surface area contributed by atoms with Gasteiger partial charge >= 0.3 is 0 Å². The Bertz CT molecular complexity index is 447. The molecule has 0 radical (unpaired) electrons. The van der Waals surface area contributed by atoms with Gasteiger partial charge in [-0.05, 0) is 20.8 Å². The summed E-state index contributed by atoms with van der Waals surface area (Å²) in [5.74, 6) is -0.0986. The molecule has 4 nitrogen and oxygen atoms in total. The number of carbonyl (C=O) groups is 1. The molecule has 2 heterocycles. The summed E-state index contributed by atoms with van der Waals surface area (Å²) in [5.41, 5.74) is 0.711. The lowest BCUT2D eigenvalue weighted by atomic mass is 10.1. The van der Waals surface area contributed by atoms with Crippen molar-refractivity contribution in [1.82, 2.24) is 9.88 Å². The van der Waals surface area contributed by atoms with Crippen molar-refractivity contribution >= 4 is 33.9 Å². The van der Waals surface area contributed by atoms with E-state index in [1.54, 1.807) is 5.38 Å². The third-order valence-electron chi connectivity index (χ3n) is 3.40. The van der Waals surface area contributed by atoms with Gasteiger partial charge in [-0.3, -0.25) is 9.69 Å². The number of nitrogens with zero attached hydrogens (tertiary/aromatic N) is 3. The summed E-state index contributed by atoms with van der Waals surface area (Å²) in [6.07, 6.45) is 0. The third-order valence-corrected chi connectivity index (χ3v) is 4.54. The monoisotopic (exact) mass is 301 g/mol. The van der Waals surface area contributed by atoms with E-state index in [1.165, 1.54) is 11.3 Å². The van der Waals surface area contributed by atoms with Crippen molar-refractivity contribution in [2.45, 2.75) is 26.3 Å². The Morgan fingerprint density at radius 3 is 2.53 bits per heavy atom. The number of hydrogen-bond donors (Lipinski definition) is 0. The lowest BCUT2D eigenvalue weighted by molar-refractivity contribution is 0.101. The Morgan fingerprint density at radius 2 is 2.00 bits per heavy atom. The van der Waals surface area contributed by atoms with Gasteiger partial charge in [0.25, 0.3) is 0 Å². The smallest absolute Gasteiger partial charge is 0.196 e. The van der Waals surface area contributed by atoms with Crippen LogP contribution in [0, 0.1) is 0 Å². The predicted molar refractivity (Wildman–Crippen MR) is 80.7 cm³/mol. The topological polar surface area (TPSA) is 36.4 Å². The highest BCUT2D eigenvalue weighted by atomic mass is 35.5. The highest BCUT2D eigenvalue weighted by Crippen LogP contribution is 2.24. The second-order valence-corrected chi connectivity index (χ2v) is 6.82. The van der Waals surface area contributed by atoms with E-state index in [0.717, 1.165) is 31.3 Å². The maximum Gasteiger partial charge on any atom is 0.196 e. The van der Waals surface area contributed by atoms with Gasteiger partial charge in [-0.15, -0.1) is 22.9 Å². The van der Waals surface area contributed by atoms with Gasteiger partial charge in [0.1, 0.15) is 5.69 Å². The highest BCUT2D eigenvalue weighted by molar-refractivity contribution is 7.14. The van der Waals surface area contributed by atoms with Gasteiger partial charge in [0.05, 0.1) is 5.88 Å². The van der Waals surface area contributed by atoms with Crippen LogP contribution in [-0.4, -0.2) is 53.3 Å². The van der Waals surface area contributed by atoms with Crippen LogP contribution in [0.15, 0.2) is 5.38 Å². The first kappa shape index (κ1) is 14.8. The average molecular weight is 302 g/mol. The van der Waals surface area contributed by atoms with Crippen molar-refractivity contribution < 1.29 is 4.79 Å². The molecule has 0 saturated carbocycles. The van der Waals surface area contributed by atoms with E-state index >= 15 is 0 Å². The normalized spacial score (nSPS) is 17.8. The molecule has 1 aliphatic heterocycles. The van der Waals surface area contributed by atoms with Crippen LogP contribution in [0.5, 0.6) is 0 Å². The van der Waals surface area contributed by atoms with Crippen molar-refractivity contribution in [3.63, 3.8) is 0 Å². The second kappa shape index (κ2) is 5.77. The number of hydrogen-bond acceptors (Lipinski definition) is 5. The molecule has 106 valence electrons. The summed E-state index contributed by atoms with van der Waals surface area (Å²) in [4.78, 5) is 20.6. The Balaban J connectivity index is 1.98. The van der Waals surface area contributed by atoms with Crippen LogP contribution in [0.25, 0.3) is 0 Å². The highest BCUT2D eigenvalue weighted by Gasteiger charge is 2.27. The van der Waals surface area contributed by atoms with Crippen LogP contribution in [0.1, 0.15) is 31.3 Å². The van der Waals surface area contributed by atoms with Crippen LogP contribution < -0.4 is 4.90 Å². The lowest BCUT2D eigenvalue weighted by Gasteiger charge is -2.42. The van der Waals surface area contributed by atoms with E-state index in [0.29, 0.717) is 5.69 Å². The first-order valence-corrected chi connectivity index (χ1v) is 7.88. The van der Waals surface area contributed by atoms with E-state index in [-0.39, 0.29) is 17.2 Å². The van der Waals surface area contributed by atoms with Crippen molar-refractivity contribution in [3.8, 4) is 0 Å². The van der Waals surface area contributed by atoms with Gasteiger partial charge in [-0.25, -0.2) is 4.98 Å². The van der Waals surface area contributed by atoms with Crippen molar-refractivity contribution in [2.75, 3.05) is 37.0 Å². The molecule has 0 bridgehead atoms. The van der Waals surface area contributed by atoms with E-state index in [4.69, 9.17) is 11.6 Å². The number of anilines is 1. The minimum Gasteiger partial charge on any atom is -0.346 e. The summed E-state index contributed by atoms with van der Waals surface area (Å²) in [7, 11) is 0. The van der Waals surface area contributed by atoms with Crippen molar-refractivity contribution in [2.24, 2.45) is 0 Å². The molecular formula is C13H20ClN3OS. The number of halogens is 1. The molecule has 6 heteroatoms. The maximum absolute atomic E-state index is 11.5. The zero-order valence-electron chi connectivity index (χ0n) is 11.6. The summed E-state index contributed by atoms with van der Waals surface area (Å²) >= 11 is 7.07. The number of piperazine rings is 1. The Morgan fingerprint density at radius 1 is 1.37 bits per heavy atom. The lowest BCUT2D eigenvalue weighted by Crippen LogP contribution is -2.53. The molecule has 1 aromatic rings. The maximum atomic E-state index is 11.5. The molecule has 0 N–H and O–H groups in total. The molecule has 0 atom stereocenters. The second-order valence-electron chi connectivity index (χ2n) is 5.72. The minimum absolute atomic E-state index is 0.000968. The van der Waals surface area contributed by atoms with Gasteiger partial charge in [0.15, 0.2) is 10.9 Å². The van der Waals surface area contributed by atoms with Crippen LogP contribution in [-0.2, 0) is 0 Å². The van der Waals surface area contributed by atoms with Gasteiger partial charge < -0.3 is 4.90 Å². The van der Waals surface area contributed by atoms with Gasteiger partial charge in [-0.2, -0.15) is 0 Å². The number of Topliss-reactive ketones (excluding diaryl/α,β-unsaturated/α-hetero) is 1. The van der Waals surface area contributed by atoms with Crippen molar-refractivity contribution in [3.05, 3.63) is 11.1 Å². The first-order valence-electron chi connectivity index (χ1n) is 6.46. The minimum atomic E-state index is -0.0995. The Kier molecular flexibility index (Phi) is 4.48. The van der Waals surface area contributed by atoms with E-state index in [1.807, 2.05) is 0 Å². The zero-order valence-corrected chi connectivity index (χ0v) is 13.2. The number of ketones is 1. The van der Waals surface area contributed by atoms with Gasteiger partial charge in [-0.1, -0.05) is 0 Å². The molecule has 0 amide bonds. The van der Waals surface area contributed by atoms with Crippen LogP contribution >= 0.6 is 22.9 Å². The van der Waals surface area contributed by atoms with E-state index in [9.17, 15) is 4.79 Å². The number of carbonyl (C=O) groups excluding carboxylic acids is 1. The molecule has 0 aromatic carbocycles. The van der Waals surface area contributed by atoms with Crippen LogP contribution in [0.2, 0.25) is 0 Å². The molecule has 0 unspecified atom stereocenters. The Labute approximate surface area is 123 Å². The number of alkyl halides is 1. The molecule has 19 heavy (non-hydrogen) atoms. The first-order chi connectivity index (χ1) is 8.91. The zero-order chi connectivity index (χ0) is 14.0. The summed E-state index contributed by atoms with van der Waals surface area (Å²) in [6, 6.07) is 0. The molecular weight excluding hydrogens is 282 g/mol. The molecule has 1 fully saturated rings. The van der Waals surface area contributed by atoms with Crippen LogP contribution in [0.4, 0.5) is 5.13 Å². The fraction of sp³-hybridized carbons (Fsp3) is 0.692. The fourth-order valence-electron chi connectivity index (χ4n) is 2.17. The van der Waals surface area contributed by atoms with Gasteiger partial charge in [0, 0.05) is 37.1 Å². The third kappa shape index (κ3) is 3.46. The average Bonchev–Trinajstić information content (AvgIpc) is 2.86. The number of thiazole rings is 1. The summed E-state index contributed by atoms with van der Waals surface area (Å²) in [5, 5.41) is 2.73. The quantitative estimate of drug-likeness (QED) is 0.635. The van der Waals surface area contributed by atoms with E-state index < -0.39 is 0 Å². The number of aromatic nitrogens is 1. The van der Waals surface area contributed by atoms with Crippen molar-refractivity contribution in [1.29, 1.82) is 0 Å². The summed E-state index contributed by atoms with van der Waals surface area (Å²) in [6.45, 7) is 10.7. The molecule has 2 rings (SSSR count). The molecule has 0 spiro atoms. The molecule has 1 saturated heterocycles. The van der Waals surface area contributed by atoms with E-state index in [2.05, 4.69) is 35.6 Å². The summed E-state index contributed by atoms with van der Waals surface area (Å²) < 4.78 is 0. The fourth-order valence-corrected chi connectivity index (χ4v) is 3.20. The Hall–Kier alpha value is -0.650. The largest absolute Gasteiger partial charge is 0.346 e. The number of rotatable bonds is 3. The van der Waals surface area contributed by atoms with Crippen LogP contribution in [0.3, 0.4) is 0 Å². The predicted octanol–water partition coefficient (Wildman–Crippen LogP) is 2.49. The standard InChI is InChI=1S/C13H20ClN3OS/c1-13(2,3)17-6-4-16(5-7-17)12-15-10(9-19-12)11(18)8-14/h9H,4-8H2,1-3H3.